The summed E-state index contributed by atoms with van der Waals surface area (Å²) in [6.45, 7) is 16.6. The van der Waals surface area contributed by atoms with E-state index in [1.165, 1.54) is 39.5 Å². The fraction of sp³-hybridized carbons (Fsp3) is 0.406. The molecule has 4 aliphatic rings. The average Bonchev–Trinajstić information content (AvgIpc) is 3.61. The molecule has 6 rings (SSSR count). The third-order valence-corrected chi connectivity index (χ3v) is 8.45. The van der Waals surface area contributed by atoms with Crippen LogP contribution in [-0.2, 0) is 17.3 Å². The third-order valence-electron chi connectivity index (χ3n) is 8.45. The van der Waals surface area contributed by atoms with Crippen LogP contribution in [0.2, 0.25) is 0 Å². The Kier molecular flexibility index (Phi) is 5.52. The van der Waals surface area contributed by atoms with Gasteiger partial charge in [-0.3, -0.25) is 0 Å². The van der Waals surface area contributed by atoms with Crippen LogP contribution in [0.25, 0.3) is 0 Å². The lowest BCUT2D eigenvalue weighted by Crippen LogP contribution is -2.27. The molecule has 0 saturated carbocycles. The van der Waals surface area contributed by atoms with E-state index in [2.05, 4.69) is 106 Å². The fourth-order valence-electron chi connectivity index (χ4n) is 6.44. The zero-order chi connectivity index (χ0) is 25.9. The van der Waals surface area contributed by atoms with Crippen LogP contribution in [0.5, 0.6) is 17.2 Å². The van der Waals surface area contributed by atoms with Crippen molar-refractivity contribution < 1.29 is 18.8 Å². The lowest BCUT2D eigenvalue weighted by Gasteiger charge is -2.25. The minimum absolute atomic E-state index is 0.0512. The summed E-state index contributed by atoms with van der Waals surface area (Å²) in [6.07, 6.45) is 12.0. The molecule has 0 radical (unpaired) electrons. The van der Waals surface area contributed by atoms with E-state index >= 15 is 0 Å². The number of benzene rings is 2. The summed E-state index contributed by atoms with van der Waals surface area (Å²) in [5.41, 5.74) is 8.94. The molecule has 0 spiro atoms. The molecule has 4 aliphatic heterocycles. The van der Waals surface area contributed by atoms with E-state index in [4.69, 9.17) is 14.2 Å². The molecule has 37 heavy (non-hydrogen) atoms. The summed E-state index contributed by atoms with van der Waals surface area (Å²) >= 11 is 0. The minimum Gasteiger partial charge on any atom is -0.493 e. The molecule has 5 heteroatoms. The Bertz CT molecular complexity index is 1410. The van der Waals surface area contributed by atoms with Gasteiger partial charge < -0.3 is 19.1 Å². The molecule has 0 amide bonds. The number of ether oxygens (including phenoxy) is 3. The third kappa shape index (κ3) is 3.54. The number of nitrogens with zero attached hydrogens (tertiary/aromatic N) is 2. The van der Waals surface area contributed by atoms with Gasteiger partial charge in [0.1, 0.15) is 12.3 Å². The van der Waals surface area contributed by atoms with Gasteiger partial charge in [-0.2, -0.15) is 4.58 Å². The lowest BCUT2D eigenvalue weighted by molar-refractivity contribution is -0.433. The monoisotopic (exact) mass is 497 g/mol. The number of anilines is 1. The van der Waals surface area contributed by atoms with Gasteiger partial charge in [0.15, 0.2) is 17.2 Å². The standard InChI is InChI=1S/C32H37N2O3/c1-7-33-24-18-26-21(14-15-35-26)16-22(24)31(3,4)29(33)12-10-9-11-13-30-32(5,6)23-17-27-28(37-20-36-27)19-25(23)34(30)8-2/h9-13,16-19H,7-8,14-15,20H2,1-6H3/q+1. The highest BCUT2D eigenvalue weighted by molar-refractivity contribution is 6.03. The minimum atomic E-state index is -0.119. The Morgan fingerprint density at radius 1 is 0.865 bits per heavy atom. The van der Waals surface area contributed by atoms with Crippen LogP contribution in [0.15, 0.2) is 60.3 Å². The van der Waals surface area contributed by atoms with Crippen molar-refractivity contribution in [3.05, 3.63) is 77.0 Å². The number of allylic oxidation sites excluding steroid dienone is 6. The van der Waals surface area contributed by atoms with Crippen molar-refractivity contribution in [1.29, 1.82) is 0 Å². The normalized spacial score (nSPS) is 21.4. The zero-order valence-corrected chi connectivity index (χ0v) is 22.9. The molecule has 0 atom stereocenters. The Labute approximate surface area is 220 Å². The van der Waals surface area contributed by atoms with Crippen molar-refractivity contribution in [3.63, 3.8) is 0 Å². The van der Waals surface area contributed by atoms with Crippen LogP contribution in [0, 0.1) is 0 Å². The van der Waals surface area contributed by atoms with Gasteiger partial charge in [0.05, 0.1) is 18.1 Å². The molecule has 0 unspecified atom stereocenters. The number of hydrogen-bond donors (Lipinski definition) is 0. The first-order valence-corrected chi connectivity index (χ1v) is 13.5. The van der Waals surface area contributed by atoms with E-state index in [-0.39, 0.29) is 10.8 Å². The topological polar surface area (TPSA) is 33.9 Å². The maximum absolute atomic E-state index is 5.87. The van der Waals surface area contributed by atoms with Crippen molar-refractivity contribution in [2.75, 3.05) is 31.4 Å². The first-order chi connectivity index (χ1) is 17.8. The molecular formula is C32H37N2O3+. The van der Waals surface area contributed by atoms with Crippen molar-refractivity contribution >= 4 is 17.1 Å². The molecule has 0 fully saturated rings. The molecule has 2 aromatic rings. The summed E-state index contributed by atoms with van der Waals surface area (Å²) < 4.78 is 19.6. The first-order valence-electron chi connectivity index (χ1n) is 13.5. The van der Waals surface area contributed by atoms with E-state index in [1.54, 1.807) is 0 Å². The van der Waals surface area contributed by atoms with Crippen molar-refractivity contribution in [3.8, 4) is 17.2 Å². The SMILES string of the molecule is CCN1\C(=C/C=C/C=C/C2=[N+](CC)c3cc4c(cc3C2(C)C)OCO4)C(C)(C)c2cc3c(cc21)OCC3. The predicted molar refractivity (Wildman–Crippen MR) is 149 cm³/mol. The highest BCUT2D eigenvalue weighted by Gasteiger charge is 2.45. The molecule has 0 N–H and O–H groups in total. The number of fused-ring (bicyclic) bond motifs is 4. The Balaban J connectivity index is 1.28. The summed E-state index contributed by atoms with van der Waals surface area (Å²) in [5.74, 6) is 2.73. The van der Waals surface area contributed by atoms with Crippen LogP contribution in [0.3, 0.4) is 0 Å². The van der Waals surface area contributed by atoms with E-state index in [0.717, 1.165) is 43.4 Å². The van der Waals surface area contributed by atoms with E-state index < -0.39 is 0 Å². The van der Waals surface area contributed by atoms with E-state index in [9.17, 15) is 0 Å². The lowest BCUT2D eigenvalue weighted by atomic mass is 9.81. The molecule has 0 aromatic heterocycles. The molecule has 5 nitrogen and oxygen atoms in total. The van der Waals surface area contributed by atoms with Gasteiger partial charge in [-0.25, -0.2) is 0 Å². The fourth-order valence-corrected chi connectivity index (χ4v) is 6.44. The zero-order valence-electron chi connectivity index (χ0n) is 22.9. The Morgan fingerprint density at radius 3 is 2.41 bits per heavy atom. The van der Waals surface area contributed by atoms with Gasteiger partial charge in [-0.15, -0.1) is 0 Å². The summed E-state index contributed by atoms with van der Waals surface area (Å²) in [4.78, 5) is 2.43. The summed E-state index contributed by atoms with van der Waals surface area (Å²) in [6, 6.07) is 8.90. The highest BCUT2D eigenvalue weighted by Crippen LogP contribution is 2.50. The van der Waals surface area contributed by atoms with E-state index in [0.29, 0.717) is 6.79 Å². The van der Waals surface area contributed by atoms with Crippen LogP contribution < -0.4 is 19.1 Å². The van der Waals surface area contributed by atoms with Crippen molar-refractivity contribution in [1.82, 2.24) is 0 Å². The van der Waals surface area contributed by atoms with Crippen molar-refractivity contribution in [2.24, 2.45) is 0 Å². The molecule has 192 valence electrons. The van der Waals surface area contributed by atoms with Gasteiger partial charge in [-0.05, 0) is 57.0 Å². The second-order valence-corrected chi connectivity index (χ2v) is 11.2. The predicted octanol–water partition coefficient (Wildman–Crippen LogP) is 6.56. The Morgan fingerprint density at radius 2 is 1.65 bits per heavy atom. The summed E-state index contributed by atoms with van der Waals surface area (Å²) in [7, 11) is 0. The van der Waals surface area contributed by atoms with Crippen LogP contribution in [-0.4, -0.2) is 36.8 Å². The van der Waals surface area contributed by atoms with Crippen LogP contribution in [0.4, 0.5) is 11.4 Å². The molecule has 0 saturated heterocycles. The molecular weight excluding hydrogens is 460 g/mol. The van der Waals surface area contributed by atoms with Gasteiger partial charge in [-0.1, -0.05) is 32.1 Å². The van der Waals surface area contributed by atoms with Gasteiger partial charge in [0.2, 0.25) is 12.5 Å². The van der Waals surface area contributed by atoms with Crippen molar-refractivity contribution in [2.45, 2.75) is 58.8 Å². The van der Waals surface area contributed by atoms with Gasteiger partial charge >= 0.3 is 0 Å². The van der Waals surface area contributed by atoms with Crippen LogP contribution >= 0.6 is 0 Å². The first kappa shape index (κ1) is 23.9. The largest absolute Gasteiger partial charge is 0.493 e. The molecule has 4 heterocycles. The number of hydrogen-bond acceptors (Lipinski definition) is 4. The number of rotatable bonds is 5. The van der Waals surface area contributed by atoms with Gasteiger partial charge in [0.25, 0.3) is 0 Å². The van der Waals surface area contributed by atoms with Gasteiger partial charge in [0, 0.05) is 47.5 Å². The average molecular weight is 498 g/mol. The maximum Gasteiger partial charge on any atom is 0.231 e. The summed E-state index contributed by atoms with van der Waals surface area (Å²) in [5, 5.41) is 0. The second-order valence-electron chi connectivity index (χ2n) is 11.2. The maximum atomic E-state index is 5.87. The highest BCUT2D eigenvalue weighted by atomic mass is 16.7. The number of likely N-dealkylation sites (N-methyl/N-ethyl adjacent to an activating group) is 1. The molecule has 0 bridgehead atoms. The second kappa shape index (κ2) is 8.54. The Hall–Kier alpha value is -3.47. The molecule has 2 aromatic carbocycles. The van der Waals surface area contributed by atoms with Crippen LogP contribution in [0.1, 0.15) is 58.2 Å². The smallest absolute Gasteiger partial charge is 0.231 e. The van der Waals surface area contributed by atoms with E-state index in [1.807, 2.05) is 0 Å². The molecule has 0 aliphatic carbocycles. The quantitative estimate of drug-likeness (QED) is 0.346.